The molecular formula is C16H24N2O3. The topological polar surface area (TPSA) is 43.0 Å². The van der Waals surface area contributed by atoms with Crippen LogP contribution in [-0.2, 0) is 6.54 Å². The van der Waals surface area contributed by atoms with E-state index in [4.69, 9.17) is 14.2 Å². The molecule has 3 rings (SSSR count). The van der Waals surface area contributed by atoms with Crippen LogP contribution in [0.3, 0.4) is 0 Å². The van der Waals surface area contributed by atoms with Crippen LogP contribution >= 0.6 is 0 Å². The first kappa shape index (κ1) is 14.5. The molecule has 0 spiro atoms. The Bertz CT molecular complexity index is 475. The Morgan fingerprint density at radius 1 is 1.33 bits per heavy atom. The monoisotopic (exact) mass is 292 g/mol. The molecule has 1 atom stereocenters. The molecule has 0 aliphatic carbocycles. The van der Waals surface area contributed by atoms with E-state index in [1.165, 1.54) is 18.4 Å². The third-order valence-corrected chi connectivity index (χ3v) is 4.21. The summed E-state index contributed by atoms with van der Waals surface area (Å²) in [6.07, 6.45) is 2.54. The van der Waals surface area contributed by atoms with Crippen molar-refractivity contribution in [1.29, 1.82) is 0 Å². The fraction of sp³-hybridized carbons (Fsp3) is 0.625. The van der Waals surface area contributed by atoms with Crippen LogP contribution in [-0.4, -0.2) is 51.4 Å². The minimum absolute atomic E-state index is 0.582. The maximum atomic E-state index is 5.71. The van der Waals surface area contributed by atoms with Crippen LogP contribution in [0, 0.1) is 0 Å². The van der Waals surface area contributed by atoms with E-state index in [2.05, 4.69) is 22.3 Å². The molecule has 1 saturated heterocycles. The molecule has 116 valence electrons. The average molecular weight is 292 g/mol. The van der Waals surface area contributed by atoms with Gasteiger partial charge in [0.2, 0.25) is 5.75 Å². The molecule has 1 N–H and O–H groups in total. The summed E-state index contributed by atoms with van der Waals surface area (Å²) < 4.78 is 16.8. The quantitative estimate of drug-likeness (QED) is 0.894. The van der Waals surface area contributed by atoms with Crippen LogP contribution < -0.4 is 19.5 Å². The second kappa shape index (κ2) is 6.54. The molecule has 1 aromatic rings. The minimum Gasteiger partial charge on any atom is -0.493 e. The van der Waals surface area contributed by atoms with Gasteiger partial charge in [-0.3, -0.25) is 4.90 Å². The van der Waals surface area contributed by atoms with Crippen molar-refractivity contribution >= 4 is 0 Å². The van der Waals surface area contributed by atoms with E-state index in [1.54, 1.807) is 7.11 Å². The molecule has 2 aliphatic rings. The average Bonchev–Trinajstić information content (AvgIpc) is 2.94. The van der Waals surface area contributed by atoms with Gasteiger partial charge in [-0.25, -0.2) is 0 Å². The fourth-order valence-electron chi connectivity index (χ4n) is 3.22. The minimum atomic E-state index is 0.582. The number of hydrogen-bond acceptors (Lipinski definition) is 5. The molecule has 1 fully saturated rings. The zero-order valence-corrected chi connectivity index (χ0v) is 12.9. The van der Waals surface area contributed by atoms with Gasteiger partial charge in [0.05, 0.1) is 7.11 Å². The van der Waals surface area contributed by atoms with E-state index in [-0.39, 0.29) is 0 Å². The van der Waals surface area contributed by atoms with Crippen molar-refractivity contribution in [3.8, 4) is 17.2 Å². The van der Waals surface area contributed by atoms with Crippen LogP contribution in [0.5, 0.6) is 17.2 Å². The zero-order valence-electron chi connectivity index (χ0n) is 12.9. The van der Waals surface area contributed by atoms with E-state index in [9.17, 15) is 0 Å². The second-order valence-electron chi connectivity index (χ2n) is 5.65. The van der Waals surface area contributed by atoms with Crippen molar-refractivity contribution in [2.45, 2.75) is 25.4 Å². The molecule has 2 heterocycles. The van der Waals surface area contributed by atoms with Crippen molar-refractivity contribution in [2.75, 3.05) is 40.5 Å². The normalized spacial score (nSPS) is 21.5. The molecule has 0 bridgehead atoms. The Labute approximate surface area is 126 Å². The van der Waals surface area contributed by atoms with Crippen LogP contribution in [0.4, 0.5) is 0 Å². The van der Waals surface area contributed by atoms with Gasteiger partial charge in [0, 0.05) is 19.1 Å². The Kier molecular flexibility index (Phi) is 4.51. The molecule has 1 unspecified atom stereocenters. The van der Waals surface area contributed by atoms with E-state index >= 15 is 0 Å². The molecule has 0 amide bonds. The van der Waals surface area contributed by atoms with Crippen LogP contribution in [0.15, 0.2) is 12.1 Å². The molecule has 21 heavy (non-hydrogen) atoms. The number of methoxy groups -OCH3 is 1. The van der Waals surface area contributed by atoms with Gasteiger partial charge in [-0.15, -0.1) is 0 Å². The smallest absolute Gasteiger partial charge is 0.203 e. The summed E-state index contributed by atoms with van der Waals surface area (Å²) in [7, 11) is 3.70. The van der Waals surface area contributed by atoms with Gasteiger partial charge < -0.3 is 19.5 Å². The van der Waals surface area contributed by atoms with Gasteiger partial charge in [0.1, 0.15) is 13.2 Å². The van der Waals surface area contributed by atoms with Gasteiger partial charge >= 0.3 is 0 Å². The Balaban J connectivity index is 1.79. The highest BCUT2D eigenvalue weighted by Crippen LogP contribution is 2.40. The molecular weight excluding hydrogens is 268 g/mol. The Morgan fingerprint density at radius 2 is 2.19 bits per heavy atom. The molecule has 0 saturated carbocycles. The van der Waals surface area contributed by atoms with E-state index in [0.717, 1.165) is 36.9 Å². The van der Waals surface area contributed by atoms with Crippen molar-refractivity contribution in [3.63, 3.8) is 0 Å². The van der Waals surface area contributed by atoms with Gasteiger partial charge in [0.25, 0.3) is 0 Å². The molecule has 2 aliphatic heterocycles. The predicted octanol–water partition coefficient (Wildman–Crippen LogP) is 1.65. The summed E-state index contributed by atoms with van der Waals surface area (Å²) in [5, 5.41) is 3.29. The number of nitrogens with one attached hydrogen (secondary N) is 1. The summed E-state index contributed by atoms with van der Waals surface area (Å²) in [5.41, 5.74) is 1.22. The third-order valence-electron chi connectivity index (χ3n) is 4.21. The molecule has 0 aromatic heterocycles. The summed E-state index contributed by atoms with van der Waals surface area (Å²) in [5.74, 6) is 2.31. The first-order chi connectivity index (χ1) is 10.3. The molecule has 5 nitrogen and oxygen atoms in total. The summed E-state index contributed by atoms with van der Waals surface area (Å²) in [6.45, 7) is 4.31. The highest BCUT2D eigenvalue weighted by molar-refractivity contribution is 5.54. The van der Waals surface area contributed by atoms with Gasteiger partial charge in [0.15, 0.2) is 11.5 Å². The summed E-state index contributed by atoms with van der Waals surface area (Å²) >= 11 is 0. The van der Waals surface area contributed by atoms with Crippen LogP contribution in [0.1, 0.15) is 18.4 Å². The lowest BCUT2D eigenvalue weighted by atomic mass is 10.1. The van der Waals surface area contributed by atoms with Gasteiger partial charge in [-0.1, -0.05) is 0 Å². The lowest BCUT2D eigenvalue weighted by molar-refractivity contribution is 0.164. The summed E-state index contributed by atoms with van der Waals surface area (Å²) in [4.78, 5) is 2.53. The van der Waals surface area contributed by atoms with Gasteiger partial charge in [-0.2, -0.15) is 0 Å². The van der Waals surface area contributed by atoms with Crippen molar-refractivity contribution < 1.29 is 14.2 Å². The zero-order chi connectivity index (χ0) is 14.7. The number of likely N-dealkylation sites (tertiary alicyclic amines) is 1. The first-order valence-electron chi connectivity index (χ1n) is 7.67. The molecule has 0 radical (unpaired) electrons. The van der Waals surface area contributed by atoms with E-state index < -0.39 is 0 Å². The SMILES string of the molecule is CNCC1CCCN1Cc1cc(OC)c2c(c1)OCCO2. The van der Waals surface area contributed by atoms with E-state index in [0.29, 0.717) is 19.3 Å². The number of fused-ring (bicyclic) bond motifs is 1. The Morgan fingerprint density at radius 3 is 3.00 bits per heavy atom. The van der Waals surface area contributed by atoms with Gasteiger partial charge in [-0.05, 0) is 44.1 Å². The second-order valence-corrected chi connectivity index (χ2v) is 5.65. The van der Waals surface area contributed by atoms with Crippen molar-refractivity contribution in [1.82, 2.24) is 10.2 Å². The number of likely N-dealkylation sites (N-methyl/N-ethyl adjacent to an activating group) is 1. The maximum absolute atomic E-state index is 5.71. The first-order valence-corrected chi connectivity index (χ1v) is 7.67. The largest absolute Gasteiger partial charge is 0.493 e. The molecule has 5 heteroatoms. The highest BCUT2D eigenvalue weighted by Gasteiger charge is 2.25. The maximum Gasteiger partial charge on any atom is 0.203 e. The van der Waals surface area contributed by atoms with E-state index in [1.807, 2.05) is 7.05 Å². The lowest BCUT2D eigenvalue weighted by Gasteiger charge is -2.26. The van der Waals surface area contributed by atoms with Crippen LogP contribution in [0.25, 0.3) is 0 Å². The summed E-state index contributed by atoms with van der Waals surface area (Å²) in [6, 6.07) is 4.78. The van der Waals surface area contributed by atoms with Crippen molar-refractivity contribution in [3.05, 3.63) is 17.7 Å². The van der Waals surface area contributed by atoms with Crippen molar-refractivity contribution in [2.24, 2.45) is 0 Å². The highest BCUT2D eigenvalue weighted by atomic mass is 16.6. The third kappa shape index (κ3) is 3.09. The van der Waals surface area contributed by atoms with Crippen LogP contribution in [0.2, 0.25) is 0 Å². The standard InChI is InChI=1S/C16H24N2O3/c1-17-10-13-4-3-5-18(13)11-12-8-14(19-2)16-15(9-12)20-6-7-21-16/h8-9,13,17H,3-7,10-11H2,1-2H3. The number of benzene rings is 1. The lowest BCUT2D eigenvalue weighted by Crippen LogP contribution is -2.36. The Hall–Kier alpha value is -1.46. The number of ether oxygens (including phenoxy) is 3. The number of hydrogen-bond donors (Lipinski definition) is 1. The molecule has 1 aromatic carbocycles. The predicted molar refractivity (Wildman–Crippen MR) is 81.3 cm³/mol. The fourth-order valence-corrected chi connectivity index (χ4v) is 3.22. The number of nitrogens with zero attached hydrogens (tertiary/aromatic N) is 1. The number of rotatable bonds is 5.